The number of hydrogen-bond acceptors (Lipinski definition) is 5. The topological polar surface area (TPSA) is 55.1 Å². The standard InChI is InChI=1S/C55H36N4O/c1-5-15-37(16-6-1)38-25-30-44(31-26-38)59(43-21-11-4-12-22-43)45-32-27-39(28-33-45)42-29-34-51-48(35-42)49-36-50(46-23-13-14-24-47(46)52(49)60-51)55-57-53(40-17-7-2-8-18-40)56-54(58-55)41-19-9-3-10-20-41/h1-36H. The summed E-state index contributed by atoms with van der Waals surface area (Å²) in [5.74, 6) is 1.86. The summed E-state index contributed by atoms with van der Waals surface area (Å²) < 4.78 is 6.66. The largest absolute Gasteiger partial charge is 0.455 e. The fraction of sp³-hybridized carbons (Fsp3) is 0. The van der Waals surface area contributed by atoms with Crippen molar-refractivity contribution in [1.82, 2.24) is 15.0 Å². The van der Waals surface area contributed by atoms with Crippen molar-refractivity contribution in [1.29, 1.82) is 0 Å². The molecule has 11 aromatic rings. The molecule has 2 aromatic heterocycles. The Morgan fingerprint density at radius 1 is 0.300 bits per heavy atom. The SMILES string of the molecule is c1ccc(-c2ccc(N(c3ccccc3)c3ccc(-c4ccc5oc6c7ccccc7c(-c7nc(-c8ccccc8)nc(-c8ccccc8)n7)cc6c5c4)cc3)cc2)cc1. The molecule has 11 rings (SSSR count). The van der Waals surface area contributed by atoms with Gasteiger partial charge >= 0.3 is 0 Å². The second kappa shape index (κ2) is 15.0. The van der Waals surface area contributed by atoms with Crippen molar-refractivity contribution in [2.75, 3.05) is 4.90 Å². The van der Waals surface area contributed by atoms with Gasteiger partial charge in [-0.05, 0) is 82.2 Å². The average Bonchev–Trinajstić information content (AvgIpc) is 3.71. The van der Waals surface area contributed by atoms with Gasteiger partial charge in [0.1, 0.15) is 11.2 Å². The van der Waals surface area contributed by atoms with E-state index in [0.717, 1.165) is 77.6 Å². The van der Waals surface area contributed by atoms with Crippen molar-refractivity contribution < 1.29 is 4.42 Å². The van der Waals surface area contributed by atoms with E-state index in [4.69, 9.17) is 19.4 Å². The molecule has 0 aliphatic rings. The van der Waals surface area contributed by atoms with Gasteiger partial charge in [-0.15, -0.1) is 0 Å². The third-order valence-electron chi connectivity index (χ3n) is 11.1. The Hall–Kier alpha value is -8.15. The van der Waals surface area contributed by atoms with Gasteiger partial charge in [0.25, 0.3) is 0 Å². The van der Waals surface area contributed by atoms with E-state index in [1.54, 1.807) is 0 Å². The molecule has 9 aromatic carbocycles. The summed E-state index contributed by atoms with van der Waals surface area (Å²) in [4.78, 5) is 17.5. The van der Waals surface area contributed by atoms with E-state index < -0.39 is 0 Å². The molecule has 0 spiro atoms. The van der Waals surface area contributed by atoms with Crippen LogP contribution in [0.15, 0.2) is 223 Å². The number of fused-ring (bicyclic) bond motifs is 5. The van der Waals surface area contributed by atoms with Gasteiger partial charge in [-0.1, -0.05) is 164 Å². The highest BCUT2D eigenvalue weighted by atomic mass is 16.3. The lowest BCUT2D eigenvalue weighted by Crippen LogP contribution is -2.09. The van der Waals surface area contributed by atoms with E-state index in [2.05, 4.69) is 157 Å². The molecule has 0 amide bonds. The molecule has 0 aliphatic carbocycles. The summed E-state index contributed by atoms with van der Waals surface area (Å²) in [6.07, 6.45) is 0. The number of rotatable bonds is 8. The van der Waals surface area contributed by atoms with Crippen LogP contribution in [-0.2, 0) is 0 Å². The summed E-state index contributed by atoms with van der Waals surface area (Å²) in [6, 6.07) is 75.8. The average molecular weight is 769 g/mol. The molecule has 0 saturated carbocycles. The van der Waals surface area contributed by atoms with E-state index >= 15 is 0 Å². The van der Waals surface area contributed by atoms with Crippen LogP contribution < -0.4 is 4.90 Å². The molecule has 2 heterocycles. The van der Waals surface area contributed by atoms with Crippen LogP contribution in [0.3, 0.4) is 0 Å². The molecule has 0 bridgehead atoms. The van der Waals surface area contributed by atoms with Gasteiger partial charge < -0.3 is 9.32 Å². The minimum absolute atomic E-state index is 0.611. The summed E-state index contributed by atoms with van der Waals surface area (Å²) in [7, 11) is 0. The first kappa shape index (κ1) is 35.0. The molecule has 60 heavy (non-hydrogen) atoms. The van der Waals surface area contributed by atoms with Crippen LogP contribution in [0.5, 0.6) is 0 Å². The Kier molecular flexibility index (Phi) is 8.75. The Morgan fingerprint density at radius 3 is 1.32 bits per heavy atom. The summed E-state index contributed by atoms with van der Waals surface area (Å²) in [6.45, 7) is 0. The second-order valence-corrected chi connectivity index (χ2v) is 14.8. The maximum Gasteiger partial charge on any atom is 0.164 e. The normalized spacial score (nSPS) is 11.3. The second-order valence-electron chi connectivity index (χ2n) is 14.8. The van der Waals surface area contributed by atoms with Crippen molar-refractivity contribution >= 4 is 49.8 Å². The monoisotopic (exact) mass is 768 g/mol. The minimum atomic E-state index is 0.611. The molecule has 0 radical (unpaired) electrons. The van der Waals surface area contributed by atoms with E-state index in [1.165, 1.54) is 11.1 Å². The predicted molar refractivity (Wildman–Crippen MR) is 246 cm³/mol. The van der Waals surface area contributed by atoms with Crippen LogP contribution in [-0.4, -0.2) is 15.0 Å². The molecule has 0 saturated heterocycles. The van der Waals surface area contributed by atoms with Crippen LogP contribution in [0.25, 0.3) is 89.1 Å². The fourth-order valence-corrected chi connectivity index (χ4v) is 8.15. The summed E-state index contributed by atoms with van der Waals surface area (Å²) in [5.41, 5.74) is 12.3. The van der Waals surface area contributed by atoms with Gasteiger partial charge in [0.05, 0.1) is 0 Å². The lowest BCUT2D eigenvalue weighted by Gasteiger charge is -2.26. The zero-order chi connectivity index (χ0) is 39.8. The fourth-order valence-electron chi connectivity index (χ4n) is 8.15. The Morgan fingerprint density at radius 2 is 0.733 bits per heavy atom. The van der Waals surface area contributed by atoms with Gasteiger partial charge in [0, 0.05) is 49.9 Å². The van der Waals surface area contributed by atoms with E-state index in [1.807, 2.05) is 66.7 Å². The molecule has 0 N–H and O–H groups in total. The predicted octanol–water partition coefficient (Wildman–Crippen LogP) is 14.7. The minimum Gasteiger partial charge on any atom is -0.455 e. The number of nitrogens with zero attached hydrogens (tertiary/aromatic N) is 4. The summed E-state index contributed by atoms with van der Waals surface area (Å²) >= 11 is 0. The van der Waals surface area contributed by atoms with Crippen LogP contribution in [0.4, 0.5) is 17.1 Å². The number of aromatic nitrogens is 3. The van der Waals surface area contributed by atoms with Crippen LogP contribution in [0.2, 0.25) is 0 Å². The zero-order valence-electron chi connectivity index (χ0n) is 32.5. The highest BCUT2D eigenvalue weighted by Crippen LogP contribution is 2.42. The molecule has 0 unspecified atom stereocenters. The molecule has 5 heteroatoms. The molecular weight excluding hydrogens is 733 g/mol. The van der Waals surface area contributed by atoms with Gasteiger partial charge in [0.15, 0.2) is 17.5 Å². The number of benzene rings is 9. The van der Waals surface area contributed by atoms with Crippen LogP contribution >= 0.6 is 0 Å². The van der Waals surface area contributed by atoms with E-state index in [-0.39, 0.29) is 0 Å². The van der Waals surface area contributed by atoms with Crippen molar-refractivity contribution in [3.8, 4) is 56.4 Å². The van der Waals surface area contributed by atoms with E-state index in [0.29, 0.717) is 17.5 Å². The molecule has 282 valence electrons. The Balaban J connectivity index is 1.01. The first-order chi connectivity index (χ1) is 29.7. The number of furan rings is 1. The first-order valence-corrected chi connectivity index (χ1v) is 20.1. The highest BCUT2D eigenvalue weighted by Gasteiger charge is 2.20. The van der Waals surface area contributed by atoms with Gasteiger partial charge in [-0.2, -0.15) is 0 Å². The zero-order valence-corrected chi connectivity index (χ0v) is 32.5. The first-order valence-electron chi connectivity index (χ1n) is 20.1. The van der Waals surface area contributed by atoms with Crippen LogP contribution in [0, 0.1) is 0 Å². The van der Waals surface area contributed by atoms with Crippen molar-refractivity contribution in [2.24, 2.45) is 0 Å². The Labute approximate surface area is 347 Å². The molecule has 0 aliphatic heterocycles. The van der Waals surface area contributed by atoms with Crippen molar-refractivity contribution in [2.45, 2.75) is 0 Å². The Bertz CT molecular complexity index is 3220. The number of hydrogen-bond donors (Lipinski definition) is 0. The molecule has 5 nitrogen and oxygen atoms in total. The van der Waals surface area contributed by atoms with Gasteiger partial charge in [-0.3, -0.25) is 0 Å². The number of para-hydroxylation sites is 1. The van der Waals surface area contributed by atoms with E-state index in [9.17, 15) is 0 Å². The molecule has 0 atom stereocenters. The van der Waals surface area contributed by atoms with Crippen molar-refractivity contribution in [3.05, 3.63) is 218 Å². The number of anilines is 3. The van der Waals surface area contributed by atoms with Crippen LogP contribution in [0.1, 0.15) is 0 Å². The molecular formula is C55H36N4O. The lowest BCUT2D eigenvalue weighted by molar-refractivity contribution is 0.672. The third-order valence-corrected chi connectivity index (χ3v) is 11.1. The third kappa shape index (κ3) is 6.45. The lowest BCUT2D eigenvalue weighted by atomic mass is 9.98. The quantitative estimate of drug-likeness (QED) is 0.154. The van der Waals surface area contributed by atoms with Gasteiger partial charge in [0.2, 0.25) is 0 Å². The smallest absolute Gasteiger partial charge is 0.164 e. The highest BCUT2D eigenvalue weighted by molar-refractivity contribution is 6.19. The van der Waals surface area contributed by atoms with Crippen molar-refractivity contribution in [3.63, 3.8) is 0 Å². The van der Waals surface area contributed by atoms with Gasteiger partial charge in [-0.25, -0.2) is 15.0 Å². The molecule has 0 fully saturated rings. The maximum absolute atomic E-state index is 6.66. The maximum atomic E-state index is 6.66. The summed E-state index contributed by atoms with van der Waals surface area (Å²) in [5, 5.41) is 4.06.